The summed E-state index contributed by atoms with van der Waals surface area (Å²) in [5.74, 6) is 0.0404. The third-order valence-electron chi connectivity index (χ3n) is 5.32. The van der Waals surface area contributed by atoms with Gasteiger partial charge in [-0.25, -0.2) is 0 Å². The minimum absolute atomic E-state index is 0.0489. The van der Waals surface area contributed by atoms with Crippen LogP contribution >= 0.6 is 0 Å². The molecule has 1 atom stereocenters. The van der Waals surface area contributed by atoms with E-state index in [1.807, 2.05) is 26.0 Å². The van der Waals surface area contributed by atoms with Crippen LogP contribution in [0, 0.1) is 0 Å². The molecule has 2 aliphatic rings. The quantitative estimate of drug-likeness (QED) is 0.927. The maximum atomic E-state index is 12.8. The molecular weight excluding hydrogens is 288 g/mol. The second-order valence-electron chi connectivity index (χ2n) is 6.92. The summed E-state index contributed by atoms with van der Waals surface area (Å²) in [7, 11) is 0. The minimum atomic E-state index is -0.691. The van der Waals surface area contributed by atoms with Crippen LogP contribution in [0.4, 0.5) is 5.69 Å². The van der Waals surface area contributed by atoms with Crippen molar-refractivity contribution in [1.82, 2.24) is 4.90 Å². The molecule has 1 heterocycles. The smallest absolute Gasteiger partial charge is 0.250 e. The van der Waals surface area contributed by atoms with Crippen molar-refractivity contribution in [2.45, 2.75) is 64.3 Å². The van der Waals surface area contributed by atoms with Crippen LogP contribution in [0.2, 0.25) is 0 Å². The van der Waals surface area contributed by atoms with Crippen LogP contribution in [0.15, 0.2) is 18.2 Å². The molecule has 0 aromatic heterocycles. The predicted molar refractivity (Wildman–Crippen MR) is 91.4 cm³/mol. The molecular formula is C19H26N2O2. The third kappa shape index (κ3) is 2.87. The Morgan fingerprint density at radius 2 is 2.04 bits per heavy atom. The molecule has 23 heavy (non-hydrogen) atoms. The van der Waals surface area contributed by atoms with Crippen LogP contribution in [-0.4, -0.2) is 28.8 Å². The fourth-order valence-corrected chi connectivity index (χ4v) is 3.70. The van der Waals surface area contributed by atoms with Crippen LogP contribution in [0.1, 0.15) is 57.1 Å². The number of nitrogens with zero attached hydrogens (tertiary/aromatic N) is 1. The maximum Gasteiger partial charge on any atom is 0.250 e. The first-order chi connectivity index (χ1) is 11.1. The number of fused-ring (bicyclic) bond motifs is 1. The van der Waals surface area contributed by atoms with Crippen LogP contribution in [0.25, 0.3) is 0 Å². The zero-order valence-corrected chi connectivity index (χ0v) is 14.2. The van der Waals surface area contributed by atoms with E-state index >= 15 is 0 Å². The highest BCUT2D eigenvalue weighted by Gasteiger charge is 2.49. The first-order valence-corrected chi connectivity index (χ1v) is 8.79. The van der Waals surface area contributed by atoms with E-state index in [1.54, 1.807) is 4.90 Å². The molecule has 4 nitrogen and oxygen atoms in total. The molecule has 1 aromatic carbocycles. The highest BCUT2D eigenvalue weighted by molar-refractivity contribution is 6.01. The lowest BCUT2D eigenvalue weighted by atomic mass is 9.84. The lowest BCUT2D eigenvalue weighted by Crippen LogP contribution is -2.66. The predicted octanol–water partition coefficient (Wildman–Crippen LogP) is 3.30. The van der Waals surface area contributed by atoms with E-state index in [2.05, 4.69) is 11.4 Å². The maximum absolute atomic E-state index is 12.8. The summed E-state index contributed by atoms with van der Waals surface area (Å²) in [6.45, 7) is 4.57. The van der Waals surface area contributed by atoms with E-state index in [1.165, 1.54) is 24.0 Å². The molecule has 1 N–H and O–H groups in total. The molecule has 4 heteroatoms. The highest BCUT2D eigenvalue weighted by Crippen LogP contribution is 2.34. The first kappa shape index (κ1) is 16.0. The van der Waals surface area contributed by atoms with Gasteiger partial charge in [-0.05, 0) is 62.6 Å². The van der Waals surface area contributed by atoms with Crippen molar-refractivity contribution in [3.8, 4) is 0 Å². The van der Waals surface area contributed by atoms with Crippen LogP contribution < -0.4 is 5.32 Å². The number of amides is 2. The first-order valence-electron chi connectivity index (χ1n) is 8.79. The Kier molecular flexibility index (Phi) is 4.42. The zero-order chi connectivity index (χ0) is 16.4. The monoisotopic (exact) mass is 314 g/mol. The Morgan fingerprint density at radius 3 is 2.74 bits per heavy atom. The Morgan fingerprint density at radius 1 is 1.26 bits per heavy atom. The van der Waals surface area contributed by atoms with Gasteiger partial charge in [-0.15, -0.1) is 0 Å². The van der Waals surface area contributed by atoms with Gasteiger partial charge in [-0.1, -0.05) is 19.1 Å². The van der Waals surface area contributed by atoms with Crippen LogP contribution in [0.3, 0.4) is 0 Å². The van der Waals surface area contributed by atoms with Crippen molar-refractivity contribution in [2.75, 3.05) is 11.9 Å². The molecule has 1 aliphatic carbocycles. The fraction of sp³-hybridized carbons (Fsp3) is 0.579. The number of hydrogen-bond acceptors (Lipinski definition) is 2. The summed E-state index contributed by atoms with van der Waals surface area (Å²) >= 11 is 0. The number of rotatable bonds is 4. The molecule has 0 bridgehead atoms. The van der Waals surface area contributed by atoms with Crippen molar-refractivity contribution in [3.63, 3.8) is 0 Å². The van der Waals surface area contributed by atoms with E-state index in [0.29, 0.717) is 13.0 Å². The van der Waals surface area contributed by atoms with Gasteiger partial charge < -0.3 is 10.2 Å². The molecule has 0 radical (unpaired) electrons. The normalized spacial score (nSPS) is 23.0. The zero-order valence-electron chi connectivity index (χ0n) is 14.2. The lowest BCUT2D eigenvalue weighted by molar-refractivity contribution is -0.154. The Balaban J connectivity index is 1.76. The minimum Gasteiger partial charge on any atom is -0.328 e. The van der Waals surface area contributed by atoms with E-state index in [-0.39, 0.29) is 11.8 Å². The molecule has 1 fully saturated rings. The fourth-order valence-electron chi connectivity index (χ4n) is 3.70. The molecule has 0 spiro atoms. The number of anilines is 1. The van der Waals surface area contributed by atoms with Crippen LogP contribution in [0.5, 0.6) is 0 Å². The van der Waals surface area contributed by atoms with Gasteiger partial charge in [0.15, 0.2) is 0 Å². The number of benzene rings is 1. The number of carbonyl (C=O) groups excluding carboxylic acids is 2. The summed E-state index contributed by atoms with van der Waals surface area (Å²) in [5, 5.41) is 3.11. The summed E-state index contributed by atoms with van der Waals surface area (Å²) in [5.41, 5.74) is 2.88. The number of aryl methyl sites for hydroxylation is 1. The number of carbonyl (C=O) groups is 2. The van der Waals surface area contributed by atoms with Crippen molar-refractivity contribution in [3.05, 3.63) is 29.3 Å². The van der Waals surface area contributed by atoms with Gasteiger partial charge in [0.2, 0.25) is 11.8 Å². The molecule has 0 saturated carbocycles. The van der Waals surface area contributed by atoms with Crippen molar-refractivity contribution < 1.29 is 9.59 Å². The molecule has 1 unspecified atom stereocenters. The molecule has 3 rings (SSSR count). The van der Waals surface area contributed by atoms with Crippen molar-refractivity contribution >= 4 is 17.5 Å². The Bertz CT molecular complexity index is 626. The van der Waals surface area contributed by atoms with Gasteiger partial charge in [-0.2, -0.15) is 0 Å². The standard InChI is InChI=1S/C19H26N2O2/c1-3-7-17(22)21-13-12-19(21,2)18(23)20-16-11-6-9-14-8-4-5-10-15(14)16/h6,9,11H,3-5,7-8,10,12-13H2,1-2H3,(H,20,23). The van der Waals surface area contributed by atoms with Gasteiger partial charge >= 0.3 is 0 Å². The van der Waals surface area contributed by atoms with E-state index in [4.69, 9.17) is 0 Å². The van der Waals surface area contributed by atoms with Crippen molar-refractivity contribution in [2.24, 2.45) is 0 Å². The van der Waals surface area contributed by atoms with Crippen LogP contribution in [-0.2, 0) is 22.4 Å². The van der Waals surface area contributed by atoms with E-state index < -0.39 is 5.54 Å². The average Bonchev–Trinajstić information content (AvgIpc) is 2.53. The number of hydrogen-bond donors (Lipinski definition) is 1. The largest absolute Gasteiger partial charge is 0.328 e. The highest BCUT2D eigenvalue weighted by atomic mass is 16.2. The Hall–Kier alpha value is -1.84. The Labute approximate surface area is 138 Å². The van der Waals surface area contributed by atoms with Gasteiger partial charge in [0.05, 0.1) is 0 Å². The van der Waals surface area contributed by atoms with E-state index in [0.717, 1.165) is 31.4 Å². The number of likely N-dealkylation sites (tertiary alicyclic amines) is 1. The van der Waals surface area contributed by atoms with Gasteiger partial charge in [-0.3, -0.25) is 9.59 Å². The topological polar surface area (TPSA) is 49.4 Å². The third-order valence-corrected chi connectivity index (χ3v) is 5.32. The summed E-state index contributed by atoms with van der Waals surface area (Å²) < 4.78 is 0. The molecule has 1 aliphatic heterocycles. The van der Waals surface area contributed by atoms with Crippen molar-refractivity contribution in [1.29, 1.82) is 0 Å². The van der Waals surface area contributed by atoms with Gasteiger partial charge in [0, 0.05) is 18.7 Å². The number of nitrogens with one attached hydrogen (secondary N) is 1. The molecule has 1 saturated heterocycles. The summed E-state index contributed by atoms with van der Waals surface area (Å²) in [6.07, 6.45) is 6.60. The summed E-state index contributed by atoms with van der Waals surface area (Å²) in [4.78, 5) is 26.7. The van der Waals surface area contributed by atoms with Gasteiger partial charge in [0.1, 0.15) is 5.54 Å². The SMILES string of the molecule is CCCC(=O)N1CCC1(C)C(=O)Nc1cccc2c1CCCC2. The second-order valence-corrected chi connectivity index (χ2v) is 6.92. The van der Waals surface area contributed by atoms with E-state index in [9.17, 15) is 9.59 Å². The summed E-state index contributed by atoms with van der Waals surface area (Å²) in [6, 6.07) is 6.16. The average molecular weight is 314 g/mol. The molecule has 2 amide bonds. The lowest BCUT2D eigenvalue weighted by Gasteiger charge is -2.49. The van der Waals surface area contributed by atoms with Gasteiger partial charge in [0.25, 0.3) is 0 Å². The second kappa shape index (κ2) is 6.34. The molecule has 124 valence electrons. The molecule has 1 aromatic rings.